The van der Waals surface area contributed by atoms with Gasteiger partial charge in [-0.1, -0.05) is 18.6 Å². The van der Waals surface area contributed by atoms with Crippen molar-refractivity contribution in [3.8, 4) is 17.2 Å². The zero-order chi connectivity index (χ0) is 21.5. The summed E-state index contributed by atoms with van der Waals surface area (Å²) in [7, 11) is 4.67. The van der Waals surface area contributed by atoms with Crippen LogP contribution in [0.1, 0.15) is 36.3 Å². The fraction of sp³-hybridized carbons (Fsp3) is 0.375. The van der Waals surface area contributed by atoms with E-state index in [2.05, 4.69) is 0 Å². The molecule has 0 spiro atoms. The van der Waals surface area contributed by atoms with Crippen LogP contribution in [0.5, 0.6) is 17.2 Å². The van der Waals surface area contributed by atoms with Gasteiger partial charge in [-0.05, 0) is 54.3 Å². The minimum atomic E-state index is -0.242. The molecule has 160 valence electrons. The third-order valence-electron chi connectivity index (χ3n) is 5.43. The van der Waals surface area contributed by atoms with Crippen LogP contribution < -0.4 is 14.2 Å². The maximum atomic E-state index is 13.3. The summed E-state index contributed by atoms with van der Waals surface area (Å²) in [5, 5.41) is 0. The normalized spacial score (nSPS) is 16.9. The summed E-state index contributed by atoms with van der Waals surface area (Å²) in [6, 6.07) is 10.2. The Labute approximate surface area is 177 Å². The quantitative estimate of drug-likeness (QED) is 0.646. The van der Waals surface area contributed by atoms with E-state index >= 15 is 0 Å². The molecule has 1 amide bonds. The molecular formula is C24H28FNO4. The molecule has 1 heterocycles. The van der Waals surface area contributed by atoms with E-state index in [1.807, 2.05) is 17.0 Å². The molecule has 1 atom stereocenters. The highest BCUT2D eigenvalue weighted by Crippen LogP contribution is 2.38. The standard InChI is InChI=1S/C24H28FNO4/c1-28-21-14-17(15-22(29-2)24(21)30-3)7-12-23(27)26-13-5-4-6-19(16-26)18-8-10-20(25)11-9-18/h7-12,14-15,19H,4-6,13,16H2,1-3H3. The number of methoxy groups -OCH3 is 3. The summed E-state index contributed by atoms with van der Waals surface area (Å²) >= 11 is 0. The van der Waals surface area contributed by atoms with Crippen molar-refractivity contribution in [1.29, 1.82) is 0 Å². The van der Waals surface area contributed by atoms with E-state index < -0.39 is 0 Å². The molecule has 0 aliphatic carbocycles. The largest absolute Gasteiger partial charge is 0.493 e. The zero-order valence-electron chi connectivity index (χ0n) is 17.7. The molecule has 30 heavy (non-hydrogen) atoms. The number of halogens is 1. The predicted octanol–water partition coefficient (Wildman–Crippen LogP) is 4.66. The lowest BCUT2D eigenvalue weighted by Gasteiger charge is -2.23. The fourth-order valence-electron chi connectivity index (χ4n) is 3.82. The summed E-state index contributed by atoms with van der Waals surface area (Å²) in [6.45, 7) is 1.35. The van der Waals surface area contributed by atoms with Gasteiger partial charge < -0.3 is 19.1 Å². The summed E-state index contributed by atoms with van der Waals surface area (Å²) in [4.78, 5) is 14.7. The van der Waals surface area contributed by atoms with Gasteiger partial charge in [-0.2, -0.15) is 0 Å². The summed E-state index contributed by atoms with van der Waals surface area (Å²) in [6.07, 6.45) is 6.33. The van der Waals surface area contributed by atoms with Crippen molar-refractivity contribution in [2.75, 3.05) is 34.4 Å². The lowest BCUT2D eigenvalue weighted by atomic mass is 9.94. The van der Waals surface area contributed by atoms with Crippen molar-refractivity contribution in [1.82, 2.24) is 4.90 Å². The Morgan fingerprint density at radius 1 is 1.03 bits per heavy atom. The van der Waals surface area contributed by atoms with Crippen LogP contribution in [0, 0.1) is 5.82 Å². The Morgan fingerprint density at radius 2 is 1.70 bits per heavy atom. The van der Waals surface area contributed by atoms with E-state index in [4.69, 9.17) is 14.2 Å². The molecule has 0 radical (unpaired) electrons. The van der Waals surface area contributed by atoms with Crippen LogP contribution in [0.3, 0.4) is 0 Å². The topological polar surface area (TPSA) is 48.0 Å². The van der Waals surface area contributed by atoms with Crippen LogP contribution in [0.4, 0.5) is 4.39 Å². The summed E-state index contributed by atoms with van der Waals surface area (Å²) in [5.74, 6) is 1.52. The van der Waals surface area contributed by atoms with Gasteiger partial charge in [-0.15, -0.1) is 0 Å². The van der Waals surface area contributed by atoms with Gasteiger partial charge >= 0.3 is 0 Å². The van der Waals surface area contributed by atoms with Crippen molar-refractivity contribution >= 4 is 12.0 Å². The van der Waals surface area contributed by atoms with Crippen LogP contribution in [0.2, 0.25) is 0 Å². The molecule has 0 N–H and O–H groups in total. The lowest BCUT2D eigenvalue weighted by molar-refractivity contribution is -0.126. The maximum Gasteiger partial charge on any atom is 0.246 e. The van der Waals surface area contributed by atoms with Gasteiger partial charge in [-0.25, -0.2) is 4.39 Å². The predicted molar refractivity (Wildman–Crippen MR) is 115 cm³/mol. The Kier molecular flexibility index (Phi) is 7.33. The highest BCUT2D eigenvalue weighted by Gasteiger charge is 2.22. The second kappa shape index (κ2) is 10.1. The molecule has 5 nitrogen and oxygen atoms in total. The minimum absolute atomic E-state index is 0.0437. The third-order valence-corrected chi connectivity index (χ3v) is 5.43. The third kappa shape index (κ3) is 5.12. The van der Waals surface area contributed by atoms with E-state index in [0.29, 0.717) is 23.8 Å². The number of ether oxygens (including phenoxy) is 3. The molecule has 1 fully saturated rings. The van der Waals surface area contributed by atoms with E-state index in [9.17, 15) is 9.18 Å². The number of likely N-dealkylation sites (tertiary alicyclic amines) is 1. The average molecular weight is 413 g/mol. The van der Waals surface area contributed by atoms with E-state index in [1.165, 1.54) is 12.1 Å². The molecule has 1 unspecified atom stereocenters. The van der Waals surface area contributed by atoms with Crippen LogP contribution in [-0.2, 0) is 4.79 Å². The number of carbonyl (C=O) groups is 1. The van der Waals surface area contributed by atoms with Crippen LogP contribution in [0.25, 0.3) is 6.08 Å². The molecule has 6 heteroatoms. The molecule has 2 aromatic carbocycles. The molecule has 2 aromatic rings. The van der Waals surface area contributed by atoms with Gasteiger partial charge in [0.1, 0.15) is 5.82 Å². The Morgan fingerprint density at radius 3 is 2.30 bits per heavy atom. The highest BCUT2D eigenvalue weighted by atomic mass is 19.1. The first-order valence-corrected chi connectivity index (χ1v) is 10.1. The molecule has 0 aromatic heterocycles. The number of benzene rings is 2. The lowest BCUT2D eigenvalue weighted by Crippen LogP contribution is -2.32. The molecule has 1 saturated heterocycles. The van der Waals surface area contributed by atoms with E-state index in [1.54, 1.807) is 45.6 Å². The van der Waals surface area contributed by atoms with Gasteiger partial charge in [0.05, 0.1) is 21.3 Å². The van der Waals surface area contributed by atoms with Crippen molar-refractivity contribution in [2.45, 2.75) is 25.2 Å². The second-order valence-electron chi connectivity index (χ2n) is 7.32. The van der Waals surface area contributed by atoms with Gasteiger partial charge in [0.15, 0.2) is 11.5 Å². The molecule has 1 aliphatic heterocycles. The molecule has 3 rings (SSSR count). The fourth-order valence-corrected chi connectivity index (χ4v) is 3.82. The number of nitrogens with zero attached hydrogens (tertiary/aromatic N) is 1. The van der Waals surface area contributed by atoms with Crippen molar-refractivity contribution in [3.05, 3.63) is 59.4 Å². The first kappa shape index (κ1) is 21.7. The first-order valence-electron chi connectivity index (χ1n) is 10.1. The van der Waals surface area contributed by atoms with Gasteiger partial charge in [0, 0.05) is 25.1 Å². The molecule has 0 bridgehead atoms. The van der Waals surface area contributed by atoms with Gasteiger partial charge in [0.2, 0.25) is 11.7 Å². The number of rotatable bonds is 6. The number of hydrogen-bond acceptors (Lipinski definition) is 4. The highest BCUT2D eigenvalue weighted by molar-refractivity contribution is 5.92. The molecule has 1 aliphatic rings. The number of carbonyl (C=O) groups excluding carboxylic acids is 1. The van der Waals surface area contributed by atoms with Crippen LogP contribution >= 0.6 is 0 Å². The minimum Gasteiger partial charge on any atom is -0.493 e. The Bertz CT molecular complexity index is 870. The van der Waals surface area contributed by atoms with Crippen LogP contribution in [0.15, 0.2) is 42.5 Å². The van der Waals surface area contributed by atoms with Crippen molar-refractivity contribution in [2.24, 2.45) is 0 Å². The average Bonchev–Trinajstić information content (AvgIpc) is 3.03. The Hall–Kier alpha value is -3.02. The van der Waals surface area contributed by atoms with Gasteiger partial charge in [0.25, 0.3) is 0 Å². The SMILES string of the molecule is COc1cc(C=CC(=O)N2CCCCC(c3ccc(F)cc3)C2)cc(OC)c1OC. The second-order valence-corrected chi connectivity index (χ2v) is 7.32. The summed E-state index contributed by atoms with van der Waals surface area (Å²) in [5.41, 5.74) is 1.85. The van der Waals surface area contributed by atoms with E-state index in [-0.39, 0.29) is 17.6 Å². The van der Waals surface area contributed by atoms with Gasteiger partial charge in [-0.3, -0.25) is 4.79 Å². The first-order chi connectivity index (χ1) is 14.5. The summed E-state index contributed by atoms with van der Waals surface area (Å²) < 4.78 is 29.3. The smallest absolute Gasteiger partial charge is 0.246 e. The monoisotopic (exact) mass is 413 g/mol. The maximum absolute atomic E-state index is 13.3. The van der Waals surface area contributed by atoms with Crippen molar-refractivity contribution in [3.63, 3.8) is 0 Å². The van der Waals surface area contributed by atoms with Crippen LogP contribution in [-0.4, -0.2) is 45.2 Å². The van der Waals surface area contributed by atoms with Crippen molar-refractivity contribution < 1.29 is 23.4 Å². The Balaban J connectivity index is 1.75. The van der Waals surface area contributed by atoms with E-state index in [0.717, 1.165) is 36.9 Å². The molecule has 0 saturated carbocycles. The molecular weight excluding hydrogens is 385 g/mol. The number of amides is 1. The number of hydrogen-bond donors (Lipinski definition) is 0. The zero-order valence-corrected chi connectivity index (χ0v) is 17.7.